The summed E-state index contributed by atoms with van der Waals surface area (Å²) in [5, 5.41) is 19.3. The fourth-order valence-corrected chi connectivity index (χ4v) is 1.60. The number of nitro benzene ring substituents is 1. The number of carboxylic acid groups (broad SMARTS) is 1. The van der Waals surface area contributed by atoms with Gasteiger partial charge in [-0.1, -0.05) is 12.1 Å². The van der Waals surface area contributed by atoms with E-state index < -0.39 is 16.8 Å². The third-order valence-electron chi connectivity index (χ3n) is 2.54. The molecule has 0 unspecified atom stereocenters. The second kappa shape index (κ2) is 7.03. The van der Waals surface area contributed by atoms with Crippen molar-refractivity contribution in [3.8, 4) is 0 Å². The lowest BCUT2D eigenvalue weighted by molar-refractivity contribution is -0.384. The Hall–Kier alpha value is -2.70. The highest BCUT2D eigenvalue weighted by molar-refractivity contribution is 5.95. The molecular formula is C13H14N2O5. The van der Waals surface area contributed by atoms with Crippen LogP contribution in [-0.2, 0) is 4.79 Å². The average molecular weight is 278 g/mol. The van der Waals surface area contributed by atoms with Gasteiger partial charge in [0.2, 0.25) is 0 Å². The third kappa shape index (κ3) is 4.20. The molecule has 0 aliphatic carbocycles. The number of hydrogen-bond donors (Lipinski definition) is 1. The Morgan fingerprint density at radius 3 is 2.70 bits per heavy atom. The second-order valence-corrected chi connectivity index (χ2v) is 3.99. The number of benzene rings is 1. The molecule has 0 heterocycles. The van der Waals surface area contributed by atoms with Gasteiger partial charge in [0.15, 0.2) is 0 Å². The number of aliphatic carboxylic acids is 1. The molecule has 0 radical (unpaired) electrons. The van der Waals surface area contributed by atoms with Crippen LogP contribution in [0, 0.1) is 10.1 Å². The highest BCUT2D eigenvalue weighted by Gasteiger charge is 2.18. The molecule has 106 valence electrons. The van der Waals surface area contributed by atoms with E-state index in [0.29, 0.717) is 0 Å². The van der Waals surface area contributed by atoms with Crippen LogP contribution in [0.1, 0.15) is 16.8 Å². The molecule has 1 rings (SSSR count). The van der Waals surface area contributed by atoms with Crippen LogP contribution in [-0.4, -0.2) is 39.9 Å². The molecule has 1 amide bonds. The molecular weight excluding hydrogens is 264 g/mol. The van der Waals surface area contributed by atoms with Crippen molar-refractivity contribution in [1.29, 1.82) is 0 Å². The minimum atomic E-state index is -1.02. The molecule has 0 bridgehead atoms. The van der Waals surface area contributed by atoms with Crippen molar-refractivity contribution < 1.29 is 19.6 Å². The molecule has 0 atom stereocenters. The first-order valence-electron chi connectivity index (χ1n) is 5.82. The summed E-state index contributed by atoms with van der Waals surface area (Å²) in [6.07, 6.45) is 1.27. The summed E-state index contributed by atoms with van der Waals surface area (Å²) in [7, 11) is 0. The van der Waals surface area contributed by atoms with Gasteiger partial charge in [-0.2, -0.15) is 0 Å². The lowest BCUT2D eigenvalue weighted by Crippen LogP contribution is -2.33. The molecule has 0 aliphatic heterocycles. The van der Waals surface area contributed by atoms with Crippen LogP contribution in [0.4, 0.5) is 5.69 Å². The Balaban J connectivity index is 2.93. The second-order valence-electron chi connectivity index (χ2n) is 3.99. The van der Waals surface area contributed by atoms with Crippen molar-refractivity contribution in [3.05, 3.63) is 52.6 Å². The fraction of sp³-hybridized carbons (Fsp3) is 0.231. The van der Waals surface area contributed by atoms with Gasteiger partial charge in [-0.15, -0.1) is 6.58 Å². The van der Waals surface area contributed by atoms with Crippen LogP contribution in [0.3, 0.4) is 0 Å². The van der Waals surface area contributed by atoms with Crippen molar-refractivity contribution in [2.75, 3.05) is 13.1 Å². The van der Waals surface area contributed by atoms with Crippen LogP contribution in [0.2, 0.25) is 0 Å². The maximum Gasteiger partial charge on any atom is 0.305 e. The third-order valence-corrected chi connectivity index (χ3v) is 2.54. The summed E-state index contributed by atoms with van der Waals surface area (Å²) in [6.45, 7) is 3.69. The largest absolute Gasteiger partial charge is 0.481 e. The molecule has 0 aliphatic rings. The van der Waals surface area contributed by atoms with Crippen LogP contribution in [0.5, 0.6) is 0 Å². The van der Waals surface area contributed by atoms with Gasteiger partial charge < -0.3 is 10.0 Å². The molecule has 0 spiro atoms. The molecule has 0 saturated carbocycles. The van der Waals surface area contributed by atoms with Gasteiger partial charge in [0, 0.05) is 30.8 Å². The summed E-state index contributed by atoms with van der Waals surface area (Å²) >= 11 is 0. The molecule has 0 saturated heterocycles. The highest BCUT2D eigenvalue weighted by atomic mass is 16.6. The van der Waals surface area contributed by atoms with Crippen molar-refractivity contribution in [2.24, 2.45) is 0 Å². The smallest absolute Gasteiger partial charge is 0.305 e. The SMILES string of the molecule is C=CCN(CCC(=O)O)C(=O)c1cccc([N+](=O)[O-])c1. The zero-order valence-electron chi connectivity index (χ0n) is 10.7. The van der Waals surface area contributed by atoms with Crippen LogP contribution in [0.25, 0.3) is 0 Å². The number of non-ortho nitro benzene ring substituents is 1. The Labute approximate surface area is 115 Å². The number of carbonyl (C=O) groups is 2. The Bertz CT molecular complexity index is 541. The number of carboxylic acids is 1. The predicted molar refractivity (Wildman–Crippen MR) is 71.4 cm³/mol. The highest BCUT2D eigenvalue weighted by Crippen LogP contribution is 2.15. The zero-order valence-corrected chi connectivity index (χ0v) is 10.7. The number of amides is 1. The van der Waals surface area contributed by atoms with Crippen molar-refractivity contribution in [3.63, 3.8) is 0 Å². The van der Waals surface area contributed by atoms with E-state index in [1.54, 1.807) is 0 Å². The van der Waals surface area contributed by atoms with Crippen LogP contribution in [0.15, 0.2) is 36.9 Å². The number of nitrogens with zero attached hydrogens (tertiary/aromatic N) is 2. The quantitative estimate of drug-likeness (QED) is 0.464. The maximum absolute atomic E-state index is 12.2. The van der Waals surface area contributed by atoms with Gasteiger partial charge in [0.1, 0.15) is 0 Å². The van der Waals surface area contributed by atoms with Gasteiger partial charge in [0.05, 0.1) is 11.3 Å². The van der Waals surface area contributed by atoms with Crippen LogP contribution < -0.4 is 0 Å². The first-order valence-corrected chi connectivity index (χ1v) is 5.82. The summed E-state index contributed by atoms with van der Waals surface area (Å²) in [5.41, 5.74) is -0.0425. The first kappa shape index (κ1) is 15.4. The summed E-state index contributed by atoms with van der Waals surface area (Å²) in [4.78, 5) is 34.1. The van der Waals surface area contributed by atoms with Gasteiger partial charge in [-0.3, -0.25) is 19.7 Å². The monoisotopic (exact) mass is 278 g/mol. The summed E-state index contributed by atoms with van der Waals surface area (Å²) < 4.78 is 0. The normalized spacial score (nSPS) is 9.80. The zero-order chi connectivity index (χ0) is 15.1. The average Bonchev–Trinajstić information content (AvgIpc) is 2.42. The van der Waals surface area contributed by atoms with Crippen molar-refractivity contribution >= 4 is 17.6 Å². The van der Waals surface area contributed by atoms with E-state index >= 15 is 0 Å². The van der Waals surface area contributed by atoms with Gasteiger partial charge in [-0.25, -0.2) is 0 Å². The number of hydrogen-bond acceptors (Lipinski definition) is 4. The fourth-order valence-electron chi connectivity index (χ4n) is 1.60. The molecule has 1 aromatic carbocycles. The molecule has 0 fully saturated rings. The molecule has 7 heteroatoms. The summed E-state index contributed by atoms with van der Waals surface area (Å²) in [6, 6.07) is 5.31. The Morgan fingerprint density at radius 1 is 1.45 bits per heavy atom. The Kier molecular flexibility index (Phi) is 5.40. The summed E-state index contributed by atoms with van der Waals surface area (Å²) in [5.74, 6) is -1.49. The van der Waals surface area contributed by atoms with Gasteiger partial charge in [0.25, 0.3) is 11.6 Å². The first-order chi connectivity index (χ1) is 9.45. The predicted octanol–water partition coefficient (Wildman–Crippen LogP) is 1.70. The van der Waals surface area contributed by atoms with Crippen LogP contribution >= 0.6 is 0 Å². The van der Waals surface area contributed by atoms with Gasteiger partial charge in [-0.05, 0) is 6.07 Å². The van der Waals surface area contributed by atoms with E-state index in [0.717, 1.165) is 0 Å². The Morgan fingerprint density at radius 2 is 2.15 bits per heavy atom. The van der Waals surface area contributed by atoms with E-state index in [2.05, 4.69) is 6.58 Å². The number of nitro groups is 1. The molecule has 1 N–H and O–H groups in total. The van der Waals surface area contributed by atoms with E-state index in [1.165, 1.54) is 35.2 Å². The minimum absolute atomic E-state index is 0.0167. The topological polar surface area (TPSA) is 101 Å². The molecule has 1 aromatic rings. The number of carbonyl (C=O) groups excluding carboxylic acids is 1. The molecule has 7 nitrogen and oxygen atoms in total. The van der Waals surface area contributed by atoms with E-state index in [9.17, 15) is 19.7 Å². The standard InChI is InChI=1S/C13H14N2O5/c1-2-7-14(8-6-12(16)17)13(18)10-4-3-5-11(9-10)15(19)20/h2-5,9H,1,6-8H2,(H,16,17). The van der Waals surface area contributed by atoms with Crippen molar-refractivity contribution in [2.45, 2.75) is 6.42 Å². The lowest BCUT2D eigenvalue weighted by Gasteiger charge is -2.20. The molecule has 0 aromatic heterocycles. The lowest BCUT2D eigenvalue weighted by atomic mass is 10.1. The minimum Gasteiger partial charge on any atom is -0.481 e. The van der Waals surface area contributed by atoms with E-state index in [4.69, 9.17) is 5.11 Å². The van der Waals surface area contributed by atoms with E-state index in [-0.39, 0.29) is 30.8 Å². The molecule has 20 heavy (non-hydrogen) atoms. The maximum atomic E-state index is 12.2. The van der Waals surface area contributed by atoms with E-state index in [1.807, 2.05) is 0 Å². The number of rotatable bonds is 7. The van der Waals surface area contributed by atoms with Crippen molar-refractivity contribution in [1.82, 2.24) is 4.90 Å². The van der Waals surface area contributed by atoms with Gasteiger partial charge >= 0.3 is 5.97 Å².